The highest BCUT2D eigenvalue weighted by Gasteiger charge is 2.10. The van der Waals surface area contributed by atoms with Crippen molar-refractivity contribution in [2.45, 2.75) is 11.8 Å². The van der Waals surface area contributed by atoms with Crippen molar-refractivity contribution >= 4 is 17.5 Å². The summed E-state index contributed by atoms with van der Waals surface area (Å²) in [7, 11) is 3.03. The number of carbonyl (C=O) groups excluding carboxylic acids is 1. The van der Waals surface area contributed by atoms with Crippen molar-refractivity contribution in [3.8, 4) is 11.5 Å². The fraction of sp³-hybridized carbons (Fsp3) is 0.462. The number of benzene rings is 1. The summed E-state index contributed by atoms with van der Waals surface area (Å²) in [4.78, 5) is 11.8. The summed E-state index contributed by atoms with van der Waals surface area (Å²) in [5, 5.41) is 12.2. The molecule has 2 N–H and O–H groups in total. The van der Waals surface area contributed by atoms with Crippen molar-refractivity contribution in [2.24, 2.45) is 0 Å². The van der Waals surface area contributed by atoms with Crippen LogP contribution in [-0.2, 0) is 4.74 Å². The first-order valence-electron chi connectivity index (χ1n) is 5.86. The minimum absolute atomic E-state index is 0.0650. The zero-order valence-electron chi connectivity index (χ0n) is 11.0. The third kappa shape index (κ3) is 4.96. The van der Waals surface area contributed by atoms with Gasteiger partial charge in [0.25, 0.3) is 5.91 Å². The van der Waals surface area contributed by atoms with Crippen LogP contribution >= 0.6 is 11.6 Å². The molecule has 1 rings (SSSR count). The van der Waals surface area contributed by atoms with Crippen LogP contribution in [0.25, 0.3) is 0 Å². The molecule has 19 heavy (non-hydrogen) atoms. The minimum atomic E-state index is -0.265. The van der Waals surface area contributed by atoms with Crippen LogP contribution in [0.4, 0.5) is 0 Å². The summed E-state index contributed by atoms with van der Waals surface area (Å²) in [6.07, 6.45) is 0.614. The van der Waals surface area contributed by atoms with Crippen LogP contribution in [0, 0.1) is 0 Å². The number of amides is 1. The van der Waals surface area contributed by atoms with E-state index in [1.165, 1.54) is 13.2 Å². The number of alkyl halides is 1. The first-order valence-corrected chi connectivity index (χ1v) is 6.30. The van der Waals surface area contributed by atoms with E-state index in [9.17, 15) is 9.90 Å². The van der Waals surface area contributed by atoms with Crippen molar-refractivity contribution in [1.29, 1.82) is 0 Å². The van der Waals surface area contributed by atoms with Gasteiger partial charge in [0.15, 0.2) is 11.5 Å². The Hall–Kier alpha value is -1.46. The normalized spacial score (nSPS) is 11.9. The number of methoxy groups -OCH3 is 2. The van der Waals surface area contributed by atoms with Gasteiger partial charge >= 0.3 is 0 Å². The Morgan fingerprint density at radius 2 is 2.21 bits per heavy atom. The molecule has 6 heteroatoms. The van der Waals surface area contributed by atoms with Crippen LogP contribution in [0.3, 0.4) is 0 Å². The maximum absolute atomic E-state index is 11.8. The lowest BCUT2D eigenvalue weighted by Gasteiger charge is -2.10. The zero-order chi connectivity index (χ0) is 14.3. The van der Waals surface area contributed by atoms with Gasteiger partial charge in [0, 0.05) is 19.2 Å². The molecule has 0 saturated heterocycles. The molecule has 1 aromatic carbocycles. The van der Waals surface area contributed by atoms with Gasteiger partial charge in [0.1, 0.15) is 0 Å². The zero-order valence-corrected chi connectivity index (χ0v) is 11.7. The standard InChI is InChI=1S/C13H18ClNO4/c1-18-8-10(14)5-6-15-13(17)9-3-4-12(19-2)11(16)7-9/h3-4,7,10,16H,5-6,8H2,1-2H3,(H,15,17). The largest absolute Gasteiger partial charge is 0.504 e. The number of ether oxygens (including phenoxy) is 2. The summed E-state index contributed by atoms with van der Waals surface area (Å²) >= 11 is 5.94. The van der Waals surface area contributed by atoms with Gasteiger partial charge < -0.3 is 19.9 Å². The van der Waals surface area contributed by atoms with Gasteiger partial charge in [-0.05, 0) is 24.6 Å². The molecule has 0 spiro atoms. The van der Waals surface area contributed by atoms with E-state index in [4.69, 9.17) is 21.1 Å². The van der Waals surface area contributed by atoms with E-state index in [0.717, 1.165) is 0 Å². The highest BCUT2D eigenvalue weighted by molar-refractivity contribution is 6.20. The predicted molar refractivity (Wildman–Crippen MR) is 73.1 cm³/mol. The quantitative estimate of drug-likeness (QED) is 0.750. The van der Waals surface area contributed by atoms with Crippen molar-refractivity contribution in [3.05, 3.63) is 23.8 Å². The number of halogens is 1. The minimum Gasteiger partial charge on any atom is -0.504 e. The second-order valence-corrected chi connectivity index (χ2v) is 4.60. The van der Waals surface area contributed by atoms with E-state index in [-0.39, 0.29) is 17.0 Å². The third-order valence-electron chi connectivity index (χ3n) is 2.53. The van der Waals surface area contributed by atoms with E-state index in [1.807, 2.05) is 0 Å². The fourth-order valence-corrected chi connectivity index (χ4v) is 1.77. The van der Waals surface area contributed by atoms with Gasteiger partial charge in [-0.25, -0.2) is 0 Å². The Morgan fingerprint density at radius 3 is 2.79 bits per heavy atom. The molecule has 1 unspecified atom stereocenters. The number of phenols is 1. The molecule has 0 aliphatic rings. The first-order chi connectivity index (χ1) is 9.08. The second kappa shape index (κ2) is 7.86. The molecule has 1 amide bonds. The van der Waals surface area contributed by atoms with Crippen molar-refractivity contribution in [1.82, 2.24) is 5.32 Å². The lowest BCUT2D eigenvalue weighted by molar-refractivity contribution is 0.0951. The molecular formula is C13H18ClNO4. The second-order valence-electron chi connectivity index (χ2n) is 3.98. The average Bonchev–Trinajstić information content (AvgIpc) is 2.38. The highest BCUT2D eigenvalue weighted by atomic mass is 35.5. The Morgan fingerprint density at radius 1 is 1.47 bits per heavy atom. The van der Waals surface area contributed by atoms with Gasteiger partial charge in [0.05, 0.1) is 19.1 Å². The number of aromatic hydroxyl groups is 1. The maximum Gasteiger partial charge on any atom is 0.251 e. The van der Waals surface area contributed by atoms with Gasteiger partial charge in [0.2, 0.25) is 0 Å². The molecule has 0 heterocycles. The monoisotopic (exact) mass is 287 g/mol. The van der Waals surface area contributed by atoms with Crippen LogP contribution in [-0.4, -0.2) is 43.8 Å². The molecule has 0 bridgehead atoms. The molecule has 0 aliphatic heterocycles. The smallest absolute Gasteiger partial charge is 0.251 e. The summed E-state index contributed by atoms with van der Waals surface area (Å²) in [6, 6.07) is 4.49. The number of carbonyl (C=O) groups is 1. The average molecular weight is 288 g/mol. The predicted octanol–water partition coefficient (Wildman–Crippen LogP) is 1.77. The van der Waals surface area contributed by atoms with Gasteiger partial charge in [-0.2, -0.15) is 0 Å². The molecule has 0 aliphatic carbocycles. The van der Waals surface area contributed by atoms with Gasteiger partial charge in [-0.1, -0.05) is 0 Å². The van der Waals surface area contributed by atoms with Crippen molar-refractivity contribution < 1.29 is 19.4 Å². The Balaban J connectivity index is 2.47. The van der Waals surface area contributed by atoms with Crippen LogP contribution in [0.2, 0.25) is 0 Å². The van der Waals surface area contributed by atoms with E-state index in [0.29, 0.717) is 30.9 Å². The van der Waals surface area contributed by atoms with E-state index >= 15 is 0 Å². The number of nitrogens with one attached hydrogen (secondary N) is 1. The van der Waals surface area contributed by atoms with Crippen molar-refractivity contribution in [2.75, 3.05) is 27.4 Å². The highest BCUT2D eigenvalue weighted by Crippen LogP contribution is 2.26. The molecule has 1 aromatic rings. The summed E-state index contributed by atoms with van der Waals surface area (Å²) in [6.45, 7) is 0.893. The fourth-order valence-electron chi connectivity index (χ4n) is 1.54. The molecule has 5 nitrogen and oxygen atoms in total. The van der Waals surface area contributed by atoms with Gasteiger partial charge in [-0.15, -0.1) is 11.6 Å². The Labute approximate surface area is 117 Å². The van der Waals surface area contributed by atoms with Crippen LogP contribution in [0.1, 0.15) is 16.8 Å². The number of hydrogen-bond donors (Lipinski definition) is 2. The topological polar surface area (TPSA) is 67.8 Å². The molecular weight excluding hydrogens is 270 g/mol. The molecule has 0 radical (unpaired) electrons. The molecule has 0 aromatic heterocycles. The first kappa shape index (κ1) is 15.6. The number of phenolic OH excluding ortho intramolecular Hbond substituents is 1. The Kier molecular flexibility index (Phi) is 6.45. The Bertz CT molecular complexity index is 425. The summed E-state index contributed by atoms with van der Waals surface area (Å²) in [5.41, 5.74) is 0.371. The molecule has 1 atom stereocenters. The number of rotatable bonds is 7. The molecule has 0 saturated carbocycles. The van der Waals surface area contributed by atoms with Gasteiger partial charge in [-0.3, -0.25) is 4.79 Å². The van der Waals surface area contributed by atoms with E-state index in [2.05, 4.69) is 5.32 Å². The maximum atomic E-state index is 11.8. The van der Waals surface area contributed by atoms with Crippen LogP contribution in [0.15, 0.2) is 18.2 Å². The third-order valence-corrected chi connectivity index (χ3v) is 2.88. The lowest BCUT2D eigenvalue weighted by Crippen LogP contribution is -2.27. The summed E-state index contributed by atoms with van der Waals surface area (Å²) < 4.78 is 9.80. The lowest BCUT2D eigenvalue weighted by atomic mass is 10.2. The molecule has 106 valence electrons. The van der Waals surface area contributed by atoms with E-state index < -0.39 is 0 Å². The van der Waals surface area contributed by atoms with Crippen LogP contribution in [0.5, 0.6) is 11.5 Å². The summed E-state index contributed by atoms with van der Waals surface area (Å²) in [5.74, 6) is 0.00135. The van der Waals surface area contributed by atoms with Crippen molar-refractivity contribution in [3.63, 3.8) is 0 Å². The molecule has 0 fully saturated rings. The number of hydrogen-bond acceptors (Lipinski definition) is 4. The SMILES string of the molecule is COCC(Cl)CCNC(=O)c1ccc(OC)c(O)c1. The van der Waals surface area contributed by atoms with Crippen LogP contribution < -0.4 is 10.1 Å². The van der Waals surface area contributed by atoms with E-state index in [1.54, 1.807) is 19.2 Å².